The van der Waals surface area contributed by atoms with Gasteiger partial charge in [0.1, 0.15) is 0 Å². The molecule has 0 radical (unpaired) electrons. The summed E-state index contributed by atoms with van der Waals surface area (Å²) in [4.78, 5) is 0. The Morgan fingerprint density at radius 3 is 2.29 bits per heavy atom. The van der Waals surface area contributed by atoms with Crippen LogP contribution in [0.2, 0.25) is 0 Å². The van der Waals surface area contributed by atoms with Crippen molar-refractivity contribution >= 4 is 0 Å². The number of rotatable bonds is 0. The Balaban J connectivity index is 2.11. The fraction of sp³-hybridized carbons (Fsp3) is 1.00. The number of hydrogen-bond acceptors (Lipinski definition) is 0. The second-order valence-corrected chi connectivity index (χ2v) is 6.19. The van der Waals surface area contributed by atoms with Gasteiger partial charge in [0.15, 0.2) is 0 Å². The molecule has 0 amide bonds. The van der Waals surface area contributed by atoms with Gasteiger partial charge in [-0.2, -0.15) is 0 Å². The second-order valence-electron chi connectivity index (χ2n) is 6.19. The molecule has 2 saturated carbocycles. The molecule has 2 rings (SSSR count). The molecule has 2 fully saturated rings. The van der Waals surface area contributed by atoms with Crippen LogP contribution in [-0.2, 0) is 0 Å². The minimum Gasteiger partial charge on any atom is -0.0625 e. The normalized spacial score (nSPS) is 49.5. The van der Waals surface area contributed by atoms with Crippen LogP contribution in [0.1, 0.15) is 59.3 Å². The maximum atomic E-state index is 2.51. The molecular formula is C14H26. The summed E-state index contributed by atoms with van der Waals surface area (Å²) in [5, 5.41) is 0. The molecule has 2 aliphatic carbocycles. The van der Waals surface area contributed by atoms with Crippen LogP contribution >= 0.6 is 0 Å². The van der Waals surface area contributed by atoms with E-state index in [1.165, 1.54) is 38.5 Å². The molecule has 0 nitrogen and oxygen atoms in total. The van der Waals surface area contributed by atoms with Crippen LogP contribution < -0.4 is 0 Å². The van der Waals surface area contributed by atoms with Gasteiger partial charge in [0, 0.05) is 0 Å². The fourth-order valence-electron chi connectivity index (χ4n) is 3.84. The summed E-state index contributed by atoms with van der Waals surface area (Å²) in [6, 6.07) is 0. The predicted octanol–water partition coefficient (Wildman–Crippen LogP) is 4.49. The average Bonchev–Trinajstić information content (AvgIpc) is 2.21. The van der Waals surface area contributed by atoms with E-state index in [-0.39, 0.29) is 0 Å². The fourth-order valence-corrected chi connectivity index (χ4v) is 3.84. The van der Waals surface area contributed by atoms with Crippen LogP contribution in [0.25, 0.3) is 0 Å². The Hall–Kier alpha value is 0. The van der Waals surface area contributed by atoms with Crippen LogP contribution in [-0.4, -0.2) is 0 Å². The van der Waals surface area contributed by atoms with Crippen molar-refractivity contribution in [2.24, 2.45) is 29.6 Å². The van der Waals surface area contributed by atoms with Gasteiger partial charge >= 0.3 is 0 Å². The number of hydrogen-bond donors (Lipinski definition) is 0. The first-order chi connectivity index (χ1) is 6.66. The lowest BCUT2D eigenvalue weighted by Crippen LogP contribution is -2.17. The second kappa shape index (κ2) is 4.24. The summed E-state index contributed by atoms with van der Waals surface area (Å²) < 4.78 is 0. The SMILES string of the molecule is CC1CCC2CCC(C1)CC(C)C2C. The summed E-state index contributed by atoms with van der Waals surface area (Å²) in [6.45, 7) is 7.47. The van der Waals surface area contributed by atoms with E-state index in [0.717, 1.165) is 29.6 Å². The maximum absolute atomic E-state index is 2.51. The van der Waals surface area contributed by atoms with Gasteiger partial charge in [-0.1, -0.05) is 33.6 Å². The molecule has 0 heterocycles. The Morgan fingerprint density at radius 2 is 1.50 bits per heavy atom. The van der Waals surface area contributed by atoms with Crippen molar-refractivity contribution < 1.29 is 0 Å². The molecule has 0 heteroatoms. The topological polar surface area (TPSA) is 0 Å². The Labute approximate surface area is 89.5 Å². The van der Waals surface area contributed by atoms with E-state index in [2.05, 4.69) is 20.8 Å². The van der Waals surface area contributed by atoms with E-state index >= 15 is 0 Å². The summed E-state index contributed by atoms with van der Waals surface area (Å²) in [5.41, 5.74) is 0. The van der Waals surface area contributed by atoms with Crippen molar-refractivity contribution in [2.75, 3.05) is 0 Å². The van der Waals surface area contributed by atoms with Crippen LogP contribution in [0.15, 0.2) is 0 Å². The van der Waals surface area contributed by atoms with E-state index in [4.69, 9.17) is 0 Å². The predicted molar refractivity (Wildman–Crippen MR) is 62.2 cm³/mol. The van der Waals surface area contributed by atoms with E-state index in [9.17, 15) is 0 Å². The molecule has 0 aliphatic heterocycles. The van der Waals surface area contributed by atoms with E-state index in [1.54, 1.807) is 0 Å². The Bertz CT molecular complexity index is 184. The van der Waals surface area contributed by atoms with Gasteiger partial charge in [-0.15, -0.1) is 0 Å². The van der Waals surface area contributed by atoms with Gasteiger partial charge in [-0.05, 0) is 55.3 Å². The molecule has 2 bridgehead atoms. The summed E-state index contributed by atoms with van der Waals surface area (Å²) in [5.74, 6) is 5.09. The molecule has 82 valence electrons. The summed E-state index contributed by atoms with van der Waals surface area (Å²) >= 11 is 0. The molecule has 0 spiro atoms. The lowest BCUT2D eigenvalue weighted by Gasteiger charge is -2.27. The highest BCUT2D eigenvalue weighted by atomic mass is 14.4. The Morgan fingerprint density at radius 1 is 0.786 bits per heavy atom. The molecule has 0 aromatic rings. The van der Waals surface area contributed by atoms with Crippen molar-refractivity contribution in [2.45, 2.75) is 59.3 Å². The maximum Gasteiger partial charge on any atom is -0.0386 e. The molecule has 0 aromatic heterocycles. The van der Waals surface area contributed by atoms with Gasteiger partial charge in [-0.25, -0.2) is 0 Å². The molecule has 5 unspecified atom stereocenters. The first kappa shape index (κ1) is 10.5. The summed E-state index contributed by atoms with van der Waals surface area (Å²) in [6.07, 6.45) is 9.11. The third kappa shape index (κ3) is 2.15. The van der Waals surface area contributed by atoms with Crippen molar-refractivity contribution in [1.82, 2.24) is 0 Å². The van der Waals surface area contributed by atoms with Crippen LogP contribution in [0.5, 0.6) is 0 Å². The molecular weight excluding hydrogens is 168 g/mol. The van der Waals surface area contributed by atoms with E-state index in [0.29, 0.717) is 0 Å². The third-order valence-electron chi connectivity index (χ3n) is 5.06. The highest BCUT2D eigenvalue weighted by Crippen LogP contribution is 2.43. The zero-order chi connectivity index (χ0) is 10.1. The molecule has 14 heavy (non-hydrogen) atoms. The van der Waals surface area contributed by atoms with E-state index < -0.39 is 0 Å². The van der Waals surface area contributed by atoms with Gasteiger partial charge < -0.3 is 0 Å². The minimum absolute atomic E-state index is 0.984. The van der Waals surface area contributed by atoms with Gasteiger partial charge in [0.2, 0.25) is 0 Å². The highest BCUT2D eigenvalue weighted by molar-refractivity contribution is 4.83. The van der Waals surface area contributed by atoms with Crippen molar-refractivity contribution in [1.29, 1.82) is 0 Å². The van der Waals surface area contributed by atoms with Gasteiger partial charge in [-0.3, -0.25) is 0 Å². The first-order valence-corrected chi connectivity index (χ1v) is 6.66. The van der Waals surface area contributed by atoms with Crippen molar-refractivity contribution in [3.63, 3.8) is 0 Å². The average molecular weight is 194 g/mol. The van der Waals surface area contributed by atoms with Crippen LogP contribution in [0.4, 0.5) is 0 Å². The van der Waals surface area contributed by atoms with Gasteiger partial charge in [0.25, 0.3) is 0 Å². The first-order valence-electron chi connectivity index (χ1n) is 6.66. The number of fused-ring (bicyclic) bond motifs is 3. The zero-order valence-corrected chi connectivity index (χ0v) is 10.1. The highest BCUT2D eigenvalue weighted by Gasteiger charge is 2.32. The van der Waals surface area contributed by atoms with Gasteiger partial charge in [0.05, 0.1) is 0 Å². The Kier molecular flexibility index (Phi) is 3.19. The molecule has 0 N–H and O–H groups in total. The van der Waals surface area contributed by atoms with E-state index in [1.807, 2.05) is 0 Å². The monoisotopic (exact) mass is 194 g/mol. The smallest absolute Gasteiger partial charge is 0.0386 e. The van der Waals surface area contributed by atoms with Crippen LogP contribution in [0, 0.1) is 29.6 Å². The lowest BCUT2D eigenvalue weighted by atomic mass is 9.79. The standard InChI is InChI=1S/C14H26/c1-10-4-6-14-7-5-13(8-10)9-11(2)12(14)3/h10-14H,4-9H2,1-3H3. The largest absolute Gasteiger partial charge is 0.0625 e. The quantitative estimate of drug-likeness (QED) is 0.533. The zero-order valence-electron chi connectivity index (χ0n) is 10.1. The molecule has 0 saturated heterocycles. The minimum atomic E-state index is 0.984. The van der Waals surface area contributed by atoms with Crippen LogP contribution in [0.3, 0.4) is 0 Å². The van der Waals surface area contributed by atoms with Crippen molar-refractivity contribution in [3.8, 4) is 0 Å². The lowest BCUT2D eigenvalue weighted by molar-refractivity contribution is 0.241. The van der Waals surface area contributed by atoms with Crippen molar-refractivity contribution in [3.05, 3.63) is 0 Å². The third-order valence-corrected chi connectivity index (χ3v) is 5.06. The molecule has 2 aliphatic rings. The molecule has 5 atom stereocenters. The summed E-state index contributed by atoms with van der Waals surface area (Å²) in [7, 11) is 0. The molecule has 0 aromatic carbocycles.